The first kappa shape index (κ1) is 9.97. The molecule has 0 aliphatic rings. The molecule has 0 aliphatic heterocycles. The zero-order chi connectivity index (χ0) is 10.7. The lowest BCUT2D eigenvalue weighted by molar-refractivity contribution is 0.628. The quantitative estimate of drug-likeness (QED) is 0.620. The fourth-order valence-electron chi connectivity index (χ4n) is 1.09. The number of aryl methyl sites for hydroxylation is 1. The third-order valence-corrected chi connectivity index (χ3v) is 2.81. The first-order chi connectivity index (χ1) is 7.24. The van der Waals surface area contributed by atoms with Crippen molar-refractivity contribution in [3.8, 4) is 0 Å². The van der Waals surface area contributed by atoms with E-state index >= 15 is 0 Å². The van der Waals surface area contributed by atoms with Gasteiger partial charge < -0.3 is 5.73 Å². The first-order valence-electron chi connectivity index (χ1n) is 4.45. The van der Waals surface area contributed by atoms with Gasteiger partial charge in [-0.05, 0) is 29.5 Å². The van der Waals surface area contributed by atoms with E-state index in [2.05, 4.69) is 15.4 Å². The Kier molecular flexibility index (Phi) is 2.86. The number of tetrazole rings is 1. The Morgan fingerprint density at radius 1 is 1.33 bits per heavy atom. The van der Waals surface area contributed by atoms with Crippen molar-refractivity contribution in [1.82, 2.24) is 20.2 Å². The average molecular weight is 221 g/mol. The molecule has 1 aromatic carbocycles. The number of nitrogens with two attached hydrogens (primary N) is 1. The largest absolute Gasteiger partial charge is 0.399 e. The summed E-state index contributed by atoms with van der Waals surface area (Å²) in [5.41, 5.74) is 6.36. The molecule has 1 heterocycles. The summed E-state index contributed by atoms with van der Waals surface area (Å²) in [4.78, 5) is 2.61. The molecule has 2 aromatic rings. The number of anilines is 1. The van der Waals surface area contributed by atoms with E-state index in [0.717, 1.165) is 22.2 Å². The summed E-state index contributed by atoms with van der Waals surface area (Å²) < 4.78 is 0. The Balaban J connectivity index is 1.96. The molecule has 2 N–H and O–H groups in total. The predicted octanol–water partition coefficient (Wildman–Crippen LogP) is 1.08. The molecule has 0 bridgehead atoms. The summed E-state index contributed by atoms with van der Waals surface area (Å²) in [5.74, 6) is 1.46. The standard InChI is InChI=1S/C9H11N5S/c1-14-12-9(11-13-14)6-15-8-4-2-7(10)3-5-8/h2-5H,6,10H2,1H3. The zero-order valence-electron chi connectivity index (χ0n) is 8.29. The van der Waals surface area contributed by atoms with Crippen LogP contribution in [0, 0.1) is 0 Å². The van der Waals surface area contributed by atoms with Gasteiger partial charge >= 0.3 is 0 Å². The monoisotopic (exact) mass is 221 g/mol. The smallest absolute Gasteiger partial charge is 0.184 e. The van der Waals surface area contributed by atoms with Crippen LogP contribution in [-0.2, 0) is 12.8 Å². The third-order valence-electron chi connectivity index (χ3n) is 1.80. The van der Waals surface area contributed by atoms with Crippen molar-refractivity contribution in [2.75, 3.05) is 5.73 Å². The summed E-state index contributed by atoms with van der Waals surface area (Å²) in [6.07, 6.45) is 0. The SMILES string of the molecule is Cn1nnc(CSc2ccc(N)cc2)n1. The van der Waals surface area contributed by atoms with E-state index in [1.807, 2.05) is 24.3 Å². The van der Waals surface area contributed by atoms with E-state index in [0.29, 0.717) is 0 Å². The van der Waals surface area contributed by atoms with Crippen molar-refractivity contribution >= 4 is 17.4 Å². The van der Waals surface area contributed by atoms with Gasteiger partial charge in [0.25, 0.3) is 0 Å². The van der Waals surface area contributed by atoms with Gasteiger partial charge in [0.1, 0.15) is 0 Å². The van der Waals surface area contributed by atoms with Gasteiger partial charge in [-0.15, -0.1) is 22.0 Å². The Labute approximate surface area is 91.7 Å². The normalized spacial score (nSPS) is 10.5. The molecular formula is C9H11N5S. The molecule has 15 heavy (non-hydrogen) atoms. The van der Waals surface area contributed by atoms with E-state index in [9.17, 15) is 0 Å². The van der Waals surface area contributed by atoms with Crippen LogP contribution in [0.2, 0.25) is 0 Å². The van der Waals surface area contributed by atoms with Crippen molar-refractivity contribution in [3.05, 3.63) is 30.1 Å². The molecule has 0 saturated carbocycles. The highest BCUT2D eigenvalue weighted by Crippen LogP contribution is 2.21. The lowest BCUT2D eigenvalue weighted by atomic mass is 10.3. The summed E-state index contributed by atoms with van der Waals surface area (Å²) >= 11 is 1.66. The third kappa shape index (κ3) is 2.69. The van der Waals surface area contributed by atoms with Crippen LogP contribution in [-0.4, -0.2) is 20.2 Å². The number of thioether (sulfide) groups is 1. The summed E-state index contributed by atoms with van der Waals surface area (Å²) in [6.45, 7) is 0. The minimum atomic E-state index is 0.720. The fourth-order valence-corrected chi connectivity index (χ4v) is 1.83. The van der Waals surface area contributed by atoms with Crippen LogP contribution < -0.4 is 5.73 Å². The maximum absolute atomic E-state index is 5.59. The molecule has 1 aromatic heterocycles. The summed E-state index contributed by atoms with van der Waals surface area (Å²) in [6, 6.07) is 7.73. The maximum atomic E-state index is 5.59. The van der Waals surface area contributed by atoms with Gasteiger partial charge in [-0.2, -0.15) is 4.80 Å². The van der Waals surface area contributed by atoms with Gasteiger partial charge in [-0.1, -0.05) is 0 Å². The molecular weight excluding hydrogens is 210 g/mol. The van der Waals surface area contributed by atoms with Crippen molar-refractivity contribution in [2.45, 2.75) is 10.6 Å². The van der Waals surface area contributed by atoms with Crippen LogP contribution in [0.4, 0.5) is 5.69 Å². The lowest BCUT2D eigenvalue weighted by Gasteiger charge is -1.98. The molecule has 0 unspecified atom stereocenters. The number of hydrogen-bond acceptors (Lipinski definition) is 5. The second-order valence-corrected chi connectivity index (χ2v) is 4.10. The molecule has 0 atom stereocenters. The van der Waals surface area contributed by atoms with Crippen LogP contribution in [0.15, 0.2) is 29.2 Å². The van der Waals surface area contributed by atoms with Crippen LogP contribution in [0.3, 0.4) is 0 Å². The highest BCUT2D eigenvalue weighted by molar-refractivity contribution is 7.98. The highest BCUT2D eigenvalue weighted by atomic mass is 32.2. The molecule has 0 fully saturated rings. The highest BCUT2D eigenvalue weighted by Gasteiger charge is 2.01. The Hall–Kier alpha value is -1.56. The second-order valence-electron chi connectivity index (χ2n) is 3.05. The van der Waals surface area contributed by atoms with Gasteiger partial charge in [0.05, 0.1) is 12.8 Å². The molecule has 78 valence electrons. The van der Waals surface area contributed by atoms with E-state index in [1.165, 1.54) is 4.80 Å². The predicted molar refractivity (Wildman–Crippen MR) is 59.2 cm³/mol. The average Bonchev–Trinajstić information content (AvgIpc) is 2.64. The second kappa shape index (κ2) is 4.31. The molecule has 0 radical (unpaired) electrons. The van der Waals surface area contributed by atoms with E-state index < -0.39 is 0 Å². The van der Waals surface area contributed by atoms with Crippen molar-refractivity contribution in [1.29, 1.82) is 0 Å². The lowest BCUT2D eigenvalue weighted by Crippen LogP contribution is -1.92. The summed E-state index contributed by atoms with van der Waals surface area (Å²) in [5, 5.41) is 11.8. The van der Waals surface area contributed by atoms with Gasteiger partial charge in [-0.3, -0.25) is 0 Å². The molecule has 0 aliphatic carbocycles. The number of nitrogen functional groups attached to an aromatic ring is 1. The zero-order valence-corrected chi connectivity index (χ0v) is 9.11. The van der Waals surface area contributed by atoms with Crippen LogP contribution in [0.5, 0.6) is 0 Å². The van der Waals surface area contributed by atoms with Gasteiger partial charge in [0.2, 0.25) is 0 Å². The molecule has 0 amide bonds. The molecule has 0 saturated heterocycles. The van der Waals surface area contributed by atoms with Crippen molar-refractivity contribution in [2.24, 2.45) is 7.05 Å². The van der Waals surface area contributed by atoms with Crippen LogP contribution >= 0.6 is 11.8 Å². The van der Waals surface area contributed by atoms with Gasteiger partial charge in [-0.25, -0.2) is 0 Å². The number of hydrogen-bond donors (Lipinski definition) is 1. The van der Waals surface area contributed by atoms with Crippen LogP contribution in [0.1, 0.15) is 5.82 Å². The topological polar surface area (TPSA) is 69.6 Å². The summed E-state index contributed by atoms with van der Waals surface area (Å²) in [7, 11) is 1.75. The molecule has 6 heteroatoms. The first-order valence-corrected chi connectivity index (χ1v) is 5.44. The van der Waals surface area contributed by atoms with Gasteiger partial charge in [0, 0.05) is 10.6 Å². The Bertz CT molecular complexity index is 436. The van der Waals surface area contributed by atoms with E-state index in [-0.39, 0.29) is 0 Å². The van der Waals surface area contributed by atoms with Crippen LogP contribution in [0.25, 0.3) is 0 Å². The Morgan fingerprint density at radius 2 is 2.07 bits per heavy atom. The minimum absolute atomic E-state index is 0.720. The molecule has 2 rings (SSSR count). The molecule has 0 spiro atoms. The maximum Gasteiger partial charge on any atom is 0.184 e. The van der Waals surface area contributed by atoms with Crippen molar-refractivity contribution < 1.29 is 0 Å². The minimum Gasteiger partial charge on any atom is -0.399 e. The van der Waals surface area contributed by atoms with E-state index in [4.69, 9.17) is 5.73 Å². The number of rotatable bonds is 3. The van der Waals surface area contributed by atoms with Gasteiger partial charge in [0.15, 0.2) is 5.82 Å². The fraction of sp³-hybridized carbons (Fsp3) is 0.222. The molecule has 5 nitrogen and oxygen atoms in total. The van der Waals surface area contributed by atoms with Crippen molar-refractivity contribution in [3.63, 3.8) is 0 Å². The Morgan fingerprint density at radius 3 is 2.67 bits per heavy atom. The number of aromatic nitrogens is 4. The number of benzene rings is 1. The van der Waals surface area contributed by atoms with E-state index in [1.54, 1.807) is 18.8 Å². The number of nitrogens with zero attached hydrogens (tertiary/aromatic N) is 4.